The van der Waals surface area contributed by atoms with Crippen LogP contribution in [0.4, 0.5) is 0 Å². The summed E-state index contributed by atoms with van der Waals surface area (Å²) in [6.07, 6.45) is 4.92. The predicted molar refractivity (Wildman–Crippen MR) is 158 cm³/mol. The number of ether oxygens (including phenoxy) is 1. The highest BCUT2D eigenvalue weighted by molar-refractivity contribution is 7.13. The van der Waals surface area contributed by atoms with Gasteiger partial charge in [0.2, 0.25) is 11.8 Å². The van der Waals surface area contributed by atoms with Crippen LogP contribution >= 0.6 is 11.3 Å². The first-order chi connectivity index (χ1) is 19.7. The summed E-state index contributed by atoms with van der Waals surface area (Å²) in [5, 5.41) is 21.3. The number of carbonyl (C=O) groups excluding carboxylic acids is 2. The molecule has 5 rings (SSSR count). The maximum atomic E-state index is 13.7. The quantitative estimate of drug-likeness (QED) is 0.355. The third-order valence-electron chi connectivity index (χ3n) is 7.87. The Morgan fingerprint density at radius 2 is 2.02 bits per heavy atom. The summed E-state index contributed by atoms with van der Waals surface area (Å²) in [4.78, 5) is 34.2. The number of nitrogens with one attached hydrogen (secondary N) is 2. The molecule has 2 fully saturated rings. The first-order valence-corrected chi connectivity index (χ1v) is 15.3. The lowest BCUT2D eigenvalue weighted by Gasteiger charge is -2.30. The molecule has 2 aliphatic heterocycles. The standard InChI is InChI=1S/C30H40N6O4S/c1-18(2)27(36-15-19(3)13-34-36)30(39)35-16-23(37)12-25(35)29(38)32-14-22-6-5-21(28-20(4)33-17-41-28)11-26(22)40-24-7-9-31-10-8-24/h5-6,11,13,15,17-18,23-25,27,31,37H,7-10,12,14,16H2,1-4H3,(H,32,38)/t23-,25+,27?/m1/s1. The highest BCUT2D eigenvalue weighted by atomic mass is 32.1. The van der Waals surface area contributed by atoms with Crippen LogP contribution in [0.25, 0.3) is 10.4 Å². The summed E-state index contributed by atoms with van der Waals surface area (Å²) in [5.74, 6) is 0.206. The van der Waals surface area contributed by atoms with E-state index in [-0.39, 0.29) is 43.3 Å². The molecule has 0 bridgehead atoms. The van der Waals surface area contributed by atoms with Gasteiger partial charge in [-0.25, -0.2) is 4.98 Å². The van der Waals surface area contributed by atoms with Crippen molar-refractivity contribution in [2.24, 2.45) is 5.92 Å². The summed E-state index contributed by atoms with van der Waals surface area (Å²) >= 11 is 1.59. The number of amides is 2. The van der Waals surface area contributed by atoms with Crippen LogP contribution in [0.15, 0.2) is 36.1 Å². The molecule has 10 nitrogen and oxygen atoms in total. The lowest BCUT2D eigenvalue weighted by Crippen LogP contribution is -2.49. The van der Waals surface area contributed by atoms with Crippen LogP contribution in [0.3, 0.4) is 0 Å². The van der Waals surface area contributed by atoms with Gasteiger partial charge < -0.3 is 25.4 Å². The Morgan fingerprint density at radius 1 is 1.24 bits per heavy atom. The van der Waals surface area contributed by atoms with Crippen LogP contribution < -0.4 is 15.4 Å². The fourth-order valence-electron chi connectivity index (χ4n) is 5.69. The Labute approximate surface area is 245 Å². The molecule has 220 valence electrons. The third kappa shape index (κ3) is 6.63. The predicted octanol–water partition coefficient (Wildman–Crippen LogP) is 3.23. The van der Waals surface area contributed by atoms with E-state index in [0.717, 1.165) is 58.9 Å². The minimum Gasteiger partial charge on any atom is -0.490 e. The zero-order chi connectivity index (χ0) is 29.1. The van der Waals surface area contributed by atoms with Gasteiger partial charge in [-0.3, -0.25) is 14.3 Å². The summed E-state index contributed by atoms with van der Waals surface area (Å²) in [6, 6.07) is 4.75. The molecule has 1 aromatic carbocycles. The monoisotopic (exact) mass is 580 g/mol. The average Bonchev–Trinajstić information content (AvgIpc) is 3.68. The number of aliphatic hydroxyl groups excluding tert-OH is 1. The second-order valence-corrected chi connectivity index (χ2v) is 12.3. The zero-order valence-corrected chi connectivity index (χ0v) is 25.0. The summed E-state index contributed by atoms with van der Waals surface area (Å²) in [5.41, 5.74) is 5.67. The number of carbonyl (C=O) groups is 2. The van der Waals surface area contributed by atoms with E-state index in [0.29, 0.717) is 0 Å². The molecule has 2 aromatic heterocycles. The lowest BCUT2D eigenvalue weighted by molar-refractivity contribution is -0.142. The van der Waals surface area contributed by atoms with Crippen molar-refractivity contribution in [1.82, 2.24) is 30.3 Å². The molecule has 0 aliphatic carbocycles. The zero-order valence-electron chi connectivity index (χ0n) is 24.2. The van der Waals surface area contributed by atoms with Crippen molar-refractivity contribution in [3.05, 3.63) is 52.9 Å². The van der Waals surface area contributed by atoms with Crippen LogP contribution in [-0.4, -0.2) is 74.5 Å². The molecule has 4 heterocycles. The molecule has 2 saturated heterocycles. The SMILES string of the molecule is Cc1cnn(C(C(=O)N2C[C@H](O)C[C@H]2C(=O)NCc2ccc(-c3scnc3C)cc2OC2CCNCC2)C(C)C)c1. The van der Waals surface area contributed by atoms with Gasteiger partial charge in [-0.1, -0.05) is 26.0 Å². The molecule has 0 spiro atoms. The number of hydrogen-bond donors (Lipinski definition) is 3. The molecule has 3 aromatic rings. The van der Waals surface area contributed by atoms with E-state index < -0.39 is 18.2 Å². The summed E-state index contributed by atoms with van der Waals surface area (Å²) in [6.45, 7) is 10.0. The van der Waals surface area contributed by atoms with Crippen LogP contribution in [-0.2, 0) is 16.1 Å². The van der Waals surface area contributed by atoms with Gasteiger partial charge in [0.25, 0.3) is 0 Å². The molecule has 3 N–H and O–H groups in total. The first kappa shape index (κ1) is 29.2. The van der Waals surface area contributed by atoms with Crippen LogP contribution in [0, 0.1) is 19.8 Å². The Hall–Kier alpha value is -3.28. The second-order valence-electron chi connectivity index (χ2n) is 11.5. The molecular formula is C30H40N6O4S. The third-order valence-corrected chi connectivity index (χ3v) is 8.85. The van der Waals surface area contributed by atoms with Gasteiger partial charge in [0.1, 0.15) is 23.9 Å². The van der Waals surface area contributed by atoms with E-state index in [4.69, 9.17) is 4.74 Å². The van der Waals surface area contributed by atoms with E-state index in [1.807, 2.05) is 57.6 Å². The van der Waals surface area contributed by atoms with E-state index in [1.54, 1.807) is 22.2 Å². The van der Waals surface area contributed by atoms with Crippen LogP contribution in [0.1, 0.15) is 56.0 Å². The number of aromatic nitrogens is 3. The molecule has 1 unspecified atom stereocenters. The number of rotatable bonds is 9. The van der Waals surface area contributed by atoms with Crippen molar-refractivity contribution >= 4 is 23.2 Å². The Balaban J connectivity index is 1.33. The maximum Gasteiger partial charge on any atom is 0.248 e. The van der Waals surface area contributed by atoms with Gasteiger partial charge >= 0.3 is 0 Å². The summed E-state index contributed by atoms with van der Waals surface area (Å²) in [7, 11) is 0. The summed E-state index contributed by atoms with van der Waals surface area (Å²) < 4.78 is 8.15. The van der Waals surface area contributed by atoms with E-state index in [2.05, 4.69) is 20.7 Å². The van der Waals surface area contributed by atoms with Crippen molar-refractivity contribution in [3.63, 3.8) is 0 Å². The Bertz CT molecular complexity index is 1360. The number of nitrogens with zero attached hydrogens (tertiary/aromatic N) is 4. The minimum atomic E-state index is -0.761. The largest absolute Gasteiger partial charge is 0.490 e. The topological polar surface area (TPSA) is 122 Å². The maximum absolute atomic E-state index is 13.7. The van der Waals surface area contributed by atoms with Gasteiger partial charge in [-0.15, -0.1) is 11.3 Å². The Morgan fingerprint density at radius 3 is 2.68 bits per heavy atom. The van der Waals surface area contributed by atoms with Gasteiger partial charge in [-0.2, -0.15) is 5.10 Å². The lowest BCUT2D eigenvalue weighted by atomic mass is 10.0. The van der Waals surface area contributed by atoms with Gasteiger partial charge in [-0.05, 0) is 62.9 Å². The number of benzene rings is 1. The number of aryl methyl sites for hydroxylation is 2. The van der Waals surface area contributed by atoms with E-state index in [9.17, 15) is 14.7 Å². The fraction of sp³-hybridized carbons (Fsp3) is 0.533. The molecule has 0 radical (unpaired) electrons. The van der Waals surface area contributed by atoms with Crippen molar-refractivity contribution in [2.75, 3.05) is 19.6 Å². The highest BCUT2D eigenvalue weighted by Gasteiger charge is 2.42. The molecule has 3 atom stereocenters. The van der Waals surface area contributed by atoms with Crippen LogP contribution in [0.5, 0.6) is 5.75 Å². The fourth-order valence-corrected chi connectivity index (χ4v) is 6.49. The average molecular weight is 581 g/mol. The van der Waals surface area contributed by atoms with Crippen molar-refractivity contribution in [1.29, 1.82) is 0 Å². The highest BCUT2D eigenvalue weighted by Crippen LogP contribution is 2.33. The van der Waals surface area contributed by atoms with E-state index >= 15 is 0 Å². The number of thiazole rings is 1. The normalized spacial score (nSPS) is 20.4. The number of hydrogen-bond acceptors (Lipinski definition) is 8. The molecular weight excluding hydrogens is 540 g/mol. The Kier molecular flexibility index (Phi) is 9.06. The molecule has 0 saturated carbocycles. The number of β-amino-alcohol motifs (C(OH)–C–C–N with tert-alkyl or cyclic N) is 1. The van der Waals surface area contributed by atoms with Crippen LogP contribution in [0.2, 0.25) is 0 Å². The smallest absolute Gasteiger partial charge is 0.248 e. The number of piperidine rings is 1. The molecule has 2 amide bonds. The molecule has 41 heavy (non-hydrogen) atoms. The first-order valence-electron chi connectivity index (χ1n) is 14.4. The number of aliphatic hydroxyl groups is 1. The van der Waals surface area contributed by atoms with E-state index in [1.165, 1.54) is 4.90 Å². The number of likely N-dealkylation sites (tertiary alicyclic amines) is 1. The van der Waals surface area contributed by atoms with Crippen molar-refractivity contribution in [2.45, 2.75) is 77.8 Å². The van der Waals surface area contributed by atoms with Gasteiger partial charge in [0.15, 0.2) is 0 Å². The molecule has 11 heteroatoms. The van der Waals surface area contributed by atoms with Crippen molar-refractivity contribution in [3.8, 4) is 16.2 Å². The van der Waals surface area contributed by atoms with Gasteiger partial charge in [0.05, 0.1) is 28.4 Å². The van der Waals surface area contributed by atoms with Crippen molar-refractivity contribution < 1.29 is 19.4 Å². The van der Waals surface area contributed by atoms with Gasteiger partial charge in [0, 0.05) is 31.3 Å². The molecule has 2 aliphatic rings. The minimum absolute atomic E-state index is 0.0429. The second kappa shape index (κ2) is 12.7.